The van der Waals surface area contributed by atoms with Crippen LogP contribution in [0.2, 0.25) is 5.02 Å². The van der Waals surface area contributed by atoms with Crippen LogP contribution >= 0.6 is 11.6 Å². The van der Waals surface area contributed by atoms with Crippen molar-refractivity contribution >= 4 is 31.3 Å². The van der Waals surface area contributed by atoms with E-state index in [0.717, 1.165) is 38.0 Å². The van der Waals surface area contributed by atoms with Gasteiger partial charge in [0.05, 0.1) is 6.54 Å². The minimum absolute atomic E-state index is 0.190. The van der Waals surface area contributed by atoms with Gasteiger partial charge in [-0.2, -0.15) is 13.2 Å². The van der Waals surface area contributed by atoms with E-state index in [1.807, 2.05) is 29.8 Å². The Hall–Kier alpha value is -1.98. The molecule has 2 aliphatic rings. The molecule has 1 radical (unpaired) electrons. The Morgan fingerprint density at radius 3 is 2.36 bits per heavy atom. The van der Waals surface area contributed by atoms with E-state index in [1.165, 1.54) is 35.8 Å². The highest BCUT2D eigenvalue weighted by molar-refractivity contribution is 6.96. The van der Waals surface area contributed by atoms with Crippen LogP contribution in [-0.2, 0) is 0 Å². The number of aryl methyl sites for hydroxylation is 1. The topological polar surface area (TPSA) is 47.0 Å². The molecule has 4 rings (SSSR count). The molecule has 0 unspecified atom stereocenters. The summed E-state index contributed by atoms with van der Waals surface area (Å²) in [5.74, 6) is -0.406. The first-order valence-corrected chi connectivity index (χ1v) is 17.5. The Kier molecular flexibility index (Phi) is 12.3. The highest BCUT2D eigenvalue weighted by Gasteiger charge is 2.37. The number of carbonyl (C=O) groups is 1. The highest BCUT2D eigenvalue weighted by Crippen LogP contribution is 2.33. The molecule has 0 spiro atoms. The van der Waals surface area contributed by atoms with E-state index in [9.17, 15) is 27.5 Å². The molecule has 1 N–H and O–H groups in total. The number of hydrogen-bond acceptors (Lipinski definition) is 4. The van der Waals surface area contributed by atoms with E-state index in [4.69, 9.17) is 11.6 Å². The van der Waals surface area contributed by atoms with Gasteiger partial charge in [0.1, 0.15) is 5.82 Å². The zero-order valence-electron chi connectivity index (χ0n) is 26.0. The molecule has 44 heavy (non-hydrogen) atoms. The Balaban J connectivity index is 1.54. The molecule has 2 heterocycles. The van der Waals surface area contributed by atoms with Crippen molar-refractivity contribution in [1.29, 1.82) is 0 Å². The first-order valence-electron chi connectivity index (χ1n) is 15.7. The first kappa shape index (κ1) is 34.9. The Morgan fingerprint density at radius 2 is 1.73 bits per heavy atom. The fraction of sp³-hybridized carbons (Fsp3) is 0.606. The zero-order chi connectivity index (χ0) is 32.0. The van der Waals surface area contributed by atoms with Crippen molar-refractivity contribution < 1.29 is 27.5 Å². The summed E-state index contributed by atoms with van der Waals surface area (Å²) in [4.78, 5) is 16.8. The molecule has 0 bridgehead atoms. The van der Waals surface area contributed by atoms with Gasteiger partial charge in [0.15, 0.2) is 0 Å². The van der Waals surface area contributed by atoms with Gasteiger partial charge in [0.2, 0.25) is 0 Å². The van der Waals surface area contributed by atoms with E-state index in [0.29, 0.717) is 40.7 Å². The molecule has 0 aliphatic carbocycles. The standard InChI is InChI=1S/C33H45ClF4N3O2Si/c1-23-7-8-27(34)21-28(23)25(12-18-40-15-5-4-6-16-40)11-17-39(3)44(32(42)43)30-10-9-29(35)24(2)31(30)26-13-19-41(20-14-26)22-33(36,37)38/h7-10,21,25-26H,4-6,11-20,22H2,1-3H3,(H,42,43)/t25-/m1/s1. The Bertz CT molecular complexity index is 1270. The summed E-state index contributed by atoms with van der Waals surface area (Å²) >= 11 is 6.42. The lowest BCUT2D eigenvalue weighted by molar-refractivity contribution is -0.147. The minimum atomic E-state index is -4.27. The third kappa shape index (κ3) is 9.28. The second-order valence-electron chi connectivity index (χ2n) is 12.6. The first-order chi connectivity index (χ1) is 20.8. The second kappa shape index (κ2) is 15.5. The third-order valence-electron chi connectivity index (χ3n) is 9.42. The smallest absolute Gasteiger partial charge is 0.401 e. The number of carboxylic acid groups (broad SMARTS) is 1. The molecule has 0 amide bonds. The van der Waals surface area contributed by atoms with Crippen LogP contribution in [0.5, 0.6) is 0 Å². The summed E-state index contributed by atoms with van der Waals surface area (Å²) in [5, 5.41) is 11.9. The van der Waals surface area contributed by atoms with Crippen molar-refractivity contribution in [2.45, 2.75) is 76.8 Å². The molecule has 11 heteroatoms. The maximum absolute atomic E-state index is 14.9. The molecule has 2 fully saturated rings. The molecular formula is C33H45ClF4N3O2Si. The molecule has 2 aliphatic heterocycles. The van der Waals surface area contributed by atoms with Crippen molar-refractivity contribution in [1.82, 2.24) is 14.4 Å². The van der Waals surface area contributed by atoms with Gasteiger partial charge in [-0.25, -0.2) is 4.39 Å². The molecule has 0 saturated carbocycles. The molecule has 5 nitrogen and oxygen atoms in total. The van der Waals surface area contributed by atoms with Crippen LogP contribution in [0.15, 0.2) is 30.3 Å². The van der Waals surface area contributed by atoms with Gasteiger partial charge < -0.3 is 14.6 Å². The van der Waals surface area contributed by atoms with Crippen LogP contribution in [0.3, 0.4) is 0 Å². The SMILES string of the molecule is Cc1ccc(Cl)cc1[C@@H](CCN1CCCCC1)CCN(C)[Si](C(=O)O)c1ccc(F)c(C)c1C1CCN(CC(F)(F)F)CC1. The van der Waals surface area contributed by atoms with Gasteiger partial charge in [-0.15, -0.1) is 0 Å². The lowest BCUT2D eigenvalue weighted by atomic mass is 9.86. The average molecular weight is 655 g/mol. The van der Waals surface area contributed by atoms with Crippen molar-refractivity contribution in [3.63, 3.8) is 0 Å². The Morgan fingerprint density at radius 1 is 1.05 bits per heavy atom. The van der Waals surface area contributed by atoms with E-state index in [2.05, 4.69) is 11.8 Å². The lowest BCUT2D eigenvalue weighted by Gasteiger charge is -2.35. The van der Waals surface area contributed by atoms with E-state index in [-0.39, 0.29) is 24.9 Å². The predicted molar refractivity (Wildman–Crippen MR) is 170 cm³/mol. The zero-order valence-corrected chi connectivity index (χ0v) is 27.8. The van der Waals surface area contributed by atoms with Gasteiger partial charge in [0.25, 0.3) is 5.59 Å². The van der Waals surface area contributed by atoms with Crippen LogP contribution in [-0.4, -0.2) is 93.1 Å². The number of alkyl halides is 3. The molecule has 2 aromatic carbocycles. The summed E-state index contributed by atoms with van der Waals surface area (Å²) in [6.45, 7) is 6.99. The van der Waals surface area contributed by atoms with Crippen LogP contribution < -0.4 is 5.19 Å². The van der Waals surface area contributed by atoms with Gasteiger partial charge >= 0.3 is 15.1 Å². The molecule has 243 valence electrons. The van der Waals surface area contributed by atoms with Gasteiger partial charge in [-0.05, 0) is 156 Å². The maximum Gasteiger partial charge on any atom is 0.401 e. The predicted octanol–water partition coefficient (Wildman–Crippen LogP) is 7.28. The van der Waals surface area contributed by atoms with Crippen molar-refractivity contribution in [2.75, 3.05) is 52.9 Å². The normalized spacial score (nSPS) is 18.3. The summed E-state index contributed by atoms with van der Waals surface area (Å²) < 4.78 is 55.8. The van der Waals surface area contributed by atoms with Gasteiger partial charge in [0, 0.05) is 5.02 Å². The molecule has 2 saturated heterocycles. The van der Waals surface area contributed by atoms with Gasteiger partial charge in [-0.3, -0.25) is 9.69 Å². The number of halogens is 5. The second-order valence-corrected chi connectivity index (χ2v) is 15.4. The van der Waals surface area contributed by atoms with E-state index >= 15 is 0 Å². The third-order valence-corrected chi connectivity index (χ3v) is 12.0. The van der Waals surface area contributed by atoms with Crippen molar-refractivity contribution in [3.8, 4) is 0 Å². The summed E-state index contributed by atoms with van der Waals surface area (Å²) in [7, 11) is -0.515. The van der Waals surface area contributed by atoms with E-state index < -0.39 is 33.1 Å². The quantitative estimate of drug-likeness (QED) is 0.193. The summed E-state index contributed by atoms with van der Waals surface area (Å²) in [5.41, 5.74) is 2.51. The number of rotatable bonds is 12. The van der Waals surface area contributed by atoms with Crippen LogP contribution in [0.1, 0.15) is 79.0 Å². The molecule has 1 atom stereocenters. The van der Waals surface area contributed by atoms with Crippen LogP contribution in [0.4, 0.5) is 22.4 Å². The largest absolute Gasteiger partial charge is 0.484 e. The van der Waals surface area contributed by atoms with E-state index in [1.54, 1.807) is 13.0 Å². The van der Waals surface area contributed by atoms with Gasteiger partial charge in [-0.1, -0.05) is 30.2 Å². The van der Waals surface area contributed by atoms with Crippen molar-refractivity contribution in [2.24, 2.45) is 0 Å². The molecule has 0 aromatic heterocycles. The number of piperidine rings is 2. The summed E-state index contributed by atoms with van der Waals surface area (Å²) in [6.07, 6.45) is 1.99. The lowest BCUT2D eigenvalue weighted by Crippen LogP contribution is -2.54. The summed E-state index contributed by atoms with van der Waals surface area (Å²) in [6, 6.07) is 8.91. The fourth-order valence-electron chi connectivity index (χ4n) is 7.04. The molecule has 2 aromatic rings. The highest BCUT2D eigenvalue weighted by atomic mass is 35.5. The molecular weight excluding hydrogens is 610 g/mol. The number of nitrogens with zero attached hydrogens (tertiary/aromatic N) is 3. The fourth-order valence-corrected chi connectivity index (χ4v) is 9.43. The van der Waals surface area contributed by atoms with Crippen molar-refractivity contribution in [3.05, 3.63) is 63.4 Å². The number of hydrogen-bond donors (Lipinski definition) is 1. The average Bonchev–Trinajstić information content (AvgIpc) is 2.97. The number of benzene rings is 2. The van der Waals surface area contributed by atoms with Crippen LogP contribution in [0.25, 0.3) is 0 Å². The maximum atomic E-state index is 14.9. The monoisotopic (exact) mass is 654 g/mol. The Labute approximate surface area is 265 Å². The van der Waals surface area contributed by atoms with Crippen LogP contribution in [0, 0.1) is 19.7 Å². The number of likely N-dealkylation sites (tertiary alicyclic amines) is 2. The minimum Gasteiger partial charge on any atom is -0.484 e.